The first kappa shape index (κ1) is 17.0. The van der Waals surface area contributed by atoms with Crippen molar-refractivity contribution in [2.75, 3.05) is 11.1 Å². The number of aryl methyl sites for hydroxylation is 1. The average molecular weight is 398 g/mol. The zero-order valence-electron chi connectivity index (χ0n) is 13.5. The summed E-state index contributed by atoms with van der Waals surface area (Å²) < 4.78 is 6.74. The highest BCUT2D eigenvalue weighted by Gasteiger charge is 2.11. The molecular weight excluding hydrogens is 382 g/mol. The summed E-state index contributed by atoms with van der Waals surface area (Å²) >= 11 is 3.41. The third kappa shape index (κ3) is 4.36. The molecule has 0 aliphatic rings. The predicted molar refractivity (Wildman–Crippen MR) is 102 cm³/mol. The van der Waals surface area contributed by atoms with Crippen LogP contribution < -0.4 is 15.8 Å². The van der Waals surface area contributed by atoms with Gasteiger partial charge in [0.05, 0.1) is 5.56 Å². The van der Waals surface area contributed by atoms with E-state index in [1.807, 2.05) is 37.3 Å². The summed E-state index contributed by atoms with van der Waals surface area (Å²) in [4.78, 5) is 16.5. The molecule has 1 heterocycles. The number of hydrogen-bond donors (Lipinski definition) is 2. The number of rotatable bonds is 4. The summed E-state index contributed by atoms with van der Waals surface area (Å²) in [6.07, 6.45) is 0. The number of hydrogen-bond acceptors (Lipinski definition) is 4. The molecule has 0 aliphatic heterocycles. The maximum absolute atomic E-state index is 12.4. The molecule has 1 amide bonds. The Morgan fingerprint density at radius 2 is 1.80 bits per heavy atom. The first-order chi connectivity index (χ1) is 12.0. The fraction of sp³-hybridized carbons (Fsp3) is 0.0526. The quantitative estimate of drug-likeness (QED) is 0.663. The molecule has 0 unspecified atom stereocenters. The third-order valence-corrected chi connectivity index (χ3v) is 3.93. The smallest absolute Gasteiger partial charge is 0.259 e. The number of amides is 1. The number of nitrogens with zero attached hydrogens (tertiary/aromatic N) is 1. The Morgan fingerprint density at radius 1 is 1.08 bits per heavy atom. The van der Waals surface area contributed by atoms with Crippen LogP contribution in [-0.4, -0.2) is 10.9 Å². The molecule has 0 saturated heterocycles. The number of aromatic nitrogens is 1. The number of anilines is 2. The largest absolute Gasteiger partial charge is 0.457 e. The second kappa shape index (κ2) is 7.36. The summed E-state index contributed by atoms with van der Waals surface area (Å²) in [5, 5.41) is 2.81. The molecule has 5 nitrogen and oxygen atoms in total. The molecule has 25 heavy (non-hydrogen) atoms. The Bertz CT molecular complexity index is 928. The van der Waals surface area contributed by atoms with Gasteiger partial charge in [0.1, 0.15) is 17.3 Å². The lowest BCUT2D eigenvalue weighted by molar-refractivity contribution is 0.102. The minimum absolute atomic E-state index is 0.207. The number of carbonyl (C=O) groups is 1. The maximum Gasteiger partial charge on any atom is 0.259 e. The molecule has 3 rings (SSSR count). The molecule has 1 aromatic heterocycles. The van der Waals surface area contributed by atoms with Gasteiger partial charge in [-0.2, -0.15) is 0 Å². The fourth-order valence-electron chi connectivity index (χ4n) is 2.27. The van der Waals surface area contributed by atoms with Gasteiger partial charge in [0.25, 0.3) is 5.91 Å². The molecule has 3 aromatic rings. The van der Waals surface area contributed by atoms with Gasteiger partial charge in [0.2, 0.25) is 0 Å². The zero-order chi connectivity index (χ0) is 17.8. The van der Waals surface area contributed by atoms with Gasteiger partial charge in [-0.1, -0.05) is 28.1 Å². The first-order valence-corrected chi connectivity index (χ1v) is 8.38. The van der Waals surface area contributed by atoms with Crippen LogP contribution in [0, 0.1) is 6.92 Å². The number of nitrogens with one attached hydrogen (secondary N) is 1. The standard InChI is InChI=1S/C19H16BrN3O2/c1-12-8-9-17(18(21)22-12)19(24)23-14-5-3-7-16(11-14)25-15-6-2-4-13(20)10-15/h2-11H,1H3,(H2,21,22)(H,23,24). The molecule has 0 fully saturated rings. The average Bonchev–Trinajstić information content (AvgIpc) is 2.55. The lowest BCUT2D eigenvalue weighted by Gasteiger charge is -2.10. The highest BCUT2D eigenvalue weighted by atomic mass is 79.9. The minimum Gasteiger partial charge on any atom is -0.457 e. The van der Waals surface area contributed by atoms with E-state index in [4.69, 9.17) is 10.5 Å². The number of benzene rings is 2. The topological polar surface area (TPSA) is 77.2 Å². The molecule has 2 aromatic carbocycles. The Morgan fingerprint density at radius 3 is 2.52 bits per heavy atom. The lowest BCUT2D eigenvalue weighted by atomic mass is 10.2. The van der Waals surface area contributed by atoms with Crippen LogP contribution in [0.5, 0.6) is 11.5 Å². The Labute approximate surface area is 154 Å². The van der Waals surface area contributed by atoms with E-state index in [0.29, 0.717) is 22.7 Å². The van der Waals surface area contributed by atoms with E-state index in [1.165, 1.54) is 0 Å². The van der Waals surface area contributed by atoms with Crippen LogP contribution in [0.25, 0.3) is 0 Å². The number of pyridine rings is 1. The monoisotopic (exact) mass is 397 g/mol. The van der Waals surface area contributed by atoms with Crippen molar-refractivity contribution < 1.29 is 9.53 Å². The van der Waals surface area contributed by atoms with E-state index in [0.717, 1.165) is 10.2 Å². The Kier molecular flexibility index (Phi) is 5.00. The van der Waals surface area contributed by atoms with Crippen LogP contribution in [0.4, 0.5) is 11.5 Å². The minimum atomic E-state index is -0.315. The Hall–Kier alpha value is -2.86. The number of carbonyl (C=O) groups excluding carboxylic acids is 1. The molecule has 6 heteroatoms. The van der Waals surface area contributed by atoms with Gasteiger partial charge in [-0.25, -0.2) is 4.98 Å². The van der Waals surface area contributed by atoms with Gasteiger partial charge in [-0.05, 0) is 49.4 Å². The van der Waals surface area contributed by atoms with Gasteiger partial charge < -0.3 is 15.8 Å². The molecule has 126 valence electrons. The number of nitrogen functional groups attached to an aromatic ring is 1. The van der Waals surface area contributed by atoms with E-state index < -0.39 is 0 Å². The van der Waals surface area contributed by atoms with Gasteiger partial charge in [0.15, 0.2) is 0 Å². The third-order valence-electron chi connectivity index (χ3n) is 3.43. The first-order valence-electron chi connectivity index (χ1n) is 7.59. The molecule has 0 radical (unpaired) electrons. The van der Waals surface area contributed by atoms with Crippen LogP contribution in [0.2, 0.25) is 0 Å². The van der Waals surface area contributed by atoms with Crippen LogP contribution in [0.3, 0.4) is 0 Å². The maximum atomic E-state index is 12.4. The summed E-state index contributed by atoms with van der Waals surface area (Å²) in [6, 6.07) is 18.1. The SMILES string of the molecule is Cc1ccc(C(=O)Nc2cccc(Oc3cccc(Br)c3)c2)c(N)n1. The second-order valence-corrected chi connectivity index (χ2v) is 6.34. The van der Waals surface area contributed by atoms with Crippen molar-refractivity contribution in [2.24, 2.45) is 0 Å². The highest BCUT2D eigenvalue weighted by molar-refractivity contribution is 9.10. The van der Waals surface area contributed by atoms with Gasteiger partial charge in [0, 0.05) is 21.9 Å². The van der Waals surface area contributed by atoms with Crippen molar-refractivity contribution in [3.05, 3.63) is 76.4 Å². The van der Waals surface area contributed by atoms with Gasteiger partial charge in [-0.3, -0.25) is 4.79 Å². The molecule has 0 atom stereocenters. The molecule has 0 bridgehead atoms. The van der Waals surface area contributed by atoms with Crippen LogP contribution in [0.1, 0.15) is 16.1 Å². The van der Waals surface area contributed by atoms with E-state index in [-0.39, 0.29) is 11.7 Å². The number of nitrogens with two attached hydrogens (primary N) is 1. The molecule has 0 saturated carbocycles. The summed E-state index contributed by atoms with van der Waals surface area (Å²) in [5.41, 5.74) is 7.53. The Balaban J connectivity index is 1.76. The molecule has 3 N–H and O–H groups in total. The second-order valence-electron chi connectivity index (χ2n) is 5.43. The fourth-order valence-corrected chi connectivity index (χ4v) is 2.65. The van der Waals surface area contributed by atoms with Crippen molar-refractivity contribution in [1.82, 2.24) is 4.98 Å². The van der Waals surface area contributed by atoms with Crippen LogP contribution >= 0.6 is 15.9 Å². The van der Waals surface area contributed by atoms with E-state index >= 15 is 0 Å². The van der Waals surface area contributed by atoms with Crippen molar-refractivity contribution in [1.29, 1.82) is 0 Å². The van der Waals surface area contributed by atoms with Crippen molar-refractivity contribution in [3.8, 4) is 11.5 Å². The molecule has 0 spiro atoms. The zero-order valence-corrected chi connectivity index (χ0v) is 15.1. The van der Waals surface area contributed by atoms with Crippen LogP contribution in [0.15, 0.2) is 65.1 Å². The normalized spacial score (nSPS) is 10.3. The summed E-state index contributed by atoms with van der Waals surface area (Å²) in [7, 11) is 0. The molecular formula is C19H16BrN3O2. The highest BCUT2D eigenvalue weighted by Crippen LogP contribution is 2.26. The molecule has 0 aliphatic carbocycles. The van der Waals surface area contributed by atoms with E-state index in [1.54, 1.807) is 30.3 Å². The summed E-state index contributed by atoms with van der Waals surface area (Å²) in [6.45, 7) is 1.82. The van der Waals surface area contributed by atoms with E-state index in [2.05, 4.69) is 26.2 Å². The van der Waals surface area contributed by atoms with Crippen molar-refractivity contribution >= 4 is 33.3 Å². The van der Waals surface area contributed by atoms with Gasteiger partial charge >= 0.3 is 0 Å². The number of halogens is 1. The number of ether oxygens (including phenoxy) is 1. The van der Waals surface area contributed by atoms with Gasteiger partial charge in [-0.15, -0.1) is 0 Å². The van der Waals surface area contributed by atoms with Crippen LogP contribution in [-0.2, 0) is 0 Å². The summed E-state index contributed by atoms with van der Waals surface area (Å²) in [5.74, 6) is 1.21. The predicted octanol–water partition coefficient (Wildman–Crippen LogP) is 4.78. The lowest BCUT2D eigenvalue weighted by Crippen LogP contribution is -2.15. The van der Waals surface area contributed by atoms with Crippen molar-refractivity contribution in [2.45, 2.75) is 6.92 Å². The van der Waals surface area contributed by atoms with Crippen molar-refractivity contribution in [3.63, 3.8) is 0 Å². The van der Waals surface area contributed by atoms with E-state index in [9.17, 15) is 4.79 Å².